The molecule has 1 amide bonds. The molecule has 152 valence electrons. The minimum atomic E-state index is -2.81. The molecule has 6 nitrogen and oxygen atoms in total. The number of nitrogens with zero attached hydrogens (tertiary/aromatic N) is 2. The van der Waals surface area contributed by atoms with E-state index in [0.717, 1.165) is 17.0 Å². The fourth-order valence-corrected chi connectivity index (χ4v) is 3.98. The number of thiocarbonyl (C=S) groups is 1. The molecule has 28 heavy (non-hydrogen) atoms. The Kier molecular flexibility index (Phi) is 4.82. The Balaban J connectivity index is 1.44. The van der Waals surface area contributed by atoms with Gasteiger partial charge in [-0.15, -0.1) is 0 Å². The average Bonchev–Trinajstić information content (AvgIpc) is 3.00. The molecule has 4 rings (SSSR count). The standard InChI is InChI=1S/C17H18F4N4O2S/c18-11-1-7(2-12(19)14(11)24-5-9-10(6-24)13(9)22)25-4-8(27-17(25)26)3-23-16(28)15(20)21/h1-2,8-10,13,15H,3-6,22H2,(H,23,28). The summed E-state index contributed by atoms with van der Waals surface area (Å²) in [7, 11) is 0. The van der Waals surface area contributed by atoms with Crippen LogP contribution in [0.1, 0.15) is 0 Å². The topological polar surface area (TPSA) is 70.8 Å². The van der Waals surface area contributed by atoms with Crippen molar-refractivity contribution in [1.29, 1.82) is 0 Å². The number of carbonyl (C=O) groups is 1. The summed E-state index contributed by atoms with van der Waals surface area (Å²) in [5.74, 6) is -1.03. The normalized spacial score (nSPS) is 28.6. The van der Waals surface area contributed by atoms with Crippen LogP contribution in [0.5, 0.6) is 0 Å². The van der Waals surface area contributed by atoms with Gasteiger partial charge in [-0.05, 0) is 11.8 Å². The Hall–Kier alpha value is -2.14. The molecule has 3 aliphatic rings. The molecule has 3 unspecified atom stereocenters. The summed E-state index contributed by atoms with van der Waals surface area (Å²) in [6.07, 6.45) is -4.40. The highest BCUT2D eigenvalue weighted by Crippen LogP contribution is 2.46. The number of alkyl halides is 2. The Morgan fingerprint density at radius 2 is 1.86 bits per heavy atom. The number of ether oxygens (including phenoxy) is 1. The van der Waals surface area contributed by atoms with Gasteiger partial charge < -0.3 is 20.7 Å². The molecule has 2 saturated heterocycles. The molecular formula is C17H18F4N4O2S. The molecule has 0 bridgehead atoms. The number of benzene rings is 1. The van der Waals surface area contributed by atoms with Gasteiger partial charge in [-0.3, -0.25) is 4.90 Å². The van der Waals surface area contributed by atoms with E-state index in [1.54, 1.807) is 4.90 Å². The molecule has 0 aromatic heterocycles. The monoisotopic (exact) mass is 418 g/mol. The van der Waals surface area contributed by atoms with E-state index >= 15 is 0 Å². The van der Waals surface area contributed by atoms with E-state index in [4.69, 9.17) is 10.5 Å². The van der Waals surface area contributed by atoms with Crippen molar-refractivity contribution in [1.82, 2.24) is 5.32 Å². The Labute approximate surface area is 163 Å². The molecule has 1 aromatic rings. The van der Waals surface area contributed by atoms with Crippen molar-refractivity contribution in [2.75, 3.05) is 36.0 Å². The number of hydrogen-bond acceptors (Lipinski definition) is 5. The predicted octanol–water partition coefficient (Wildman–Crippen LogP) is 1.87. The number of cyclic esters (lactones) is 1. The summed E-state index contributed by atoms with van der Waals surface area (Å²) in [5, 5.41) is 2.31. The van der Waals surface area contributed by atoms with Gasteiger partial charge in [0.15, 0.2) is 11.6 Å². The number of fused-ring (bicyclic) bond motifs is 1. The summed E-state index contributed by atoms with van der Waals surface area (Å²) in [4.78, 5) is 14.1. The van der Waals surface area contributed by atoms with E-state index in [9.17, 15) is 22.4 Å². The van der Waals surface area contributed by atoms with Crippen LogP contribution in [-0.4, -0.2) is 55.8 Å². The lowest BCUT2D eigenvalue weighted by Gasteiger charge is -2.24. The molecule has 1 saturated carbocycles. The van der Waals surface area contributed by atoms with Crippen LogP contribution in [0.2, 0.25) is 0 Å². The molecule has 0 spiro atoms. The van der Waals surface area contributed by atoms with Crippen molar-refractivity contribution in [3.63, 3.8) is 0 Å². The lowest BCUT2D eigenvalue weighted by Crippen LogP contribution is -2.36. The van der Waals surface area contributed by atoms with Gasteiger partial charge in [0.05, 0.1) is 18.8 Å². The van der Waals surface area contributed by atoms with Crippen LogP contribution in [0.3, 0.4) is 0 Å². The molecule has 2 heterocycles. The van der Waals surface area contributed by atoms with Crippen molar-refractivity contribution in [2.45, 2.75) is 18.6 Å². The third-order valence-corrected chi connectivity index (χ3v) is 5.79. The maximum Gasteiger partial charge on any atom is 0.414 e. The van der Waals surface area contributed by atoms with Crippen LogP contribution in [-0.2, 0) is 4.74 Å². The van der Waals surface area contributed by atoms with Crippen molar-refractivity contribution >= 4 is 34.7 Å². The van der Waals surface area contributed by atoms with E-state index in [1.165, 1.54) is 0 Å². The molecule has 11 heteroatoms. The van der Waals surface area contributed by atoms with Crippen LogP contribution in [0, 0.1) is 23.5 Å². The number of amides is 1. The van der Waals surface area contributed by atoms with Crippen molar-refractivity contribution in [2.24, 2.45) is 17.6 Å². The fourth-order valence-electron chi connectivity index (χ4n) is 3.90. The molecule has 2 aliphatic heterocycles. The zero-order chi connectivity index (χ0) is 20.2. The second-order valence-electron chi connectivity index (χ2n) is 7.23. The van der Waals surface area contributed by atoms with E-state index in [0.29, 0.717) is 13.1 Å². The van der Waals surface area contributed by atoms with E-state index in [2.05, 4.69) is 17.5 Å². The summed E-state index contributed by atoms with van der Waals surface area (Å²) in [5.41, 5.74) is 5.73. The highest BCUT2D eigenvalue weighted by molar-refractivity contribution is 7.80. The van der Waals surface area contributed by atoms with Gasteiger partial charge in [0.1, 0.15) is 16.8 Å². The largest absolute Gasteiger partial charge is 0.442 e. The first-order chi connectivity index (χ1) is 13.3. The number of piperidine rings is 1. The van der Waals surface area contributed by atoms with Crippen LogP contribution < -0.4 is 20.9 Å². The second-order valence-corrected chi connectivity index (χ2v) is 7.67. The van der Waals surface area contributed by atoms with Crippen LogP contribution >= 0.6 is 12.2 Å². The van der Waals surface area contributed by atoms with Crippen molar-refractivity contribution in [3.05, 3.63) is 23.8 Å². The molecular weight excluding hydrogens is 400 g/mol. The maximum atomic E-state index is 14.6. The van der Waals surface area contributed by atoms with Gasteiger partial charge in [-0.25, -0.2) is 22.4 Å². The van der Waals surface area contributed by atoms with E-state index in [1.807, 2.05) is 0 Å². The van der Waals surface area contributed by atoms with Gasteiger partial charge in [0, 0.05) is 31.3 Å². The number of hydrogen-bond donors (Lipinski definition) is 2. The third-order valence-electron chi connectivity index (χ3n) is 5.47. The number of anilines is 2. The molecule has 3 N–H and O–H groups in total. The number of nitrogens with two attached hydrogens (primary N) is 1. The highest BCUT2D eigenvalue weighted by atomic mass is 32.1. The molecule has 3 atom stereocenters. The summed E-state index contributed by atoms with van der Waals surface area (Å²) in [6, 6.07) is 2.25. The third kappa shape index (κ3) is 3.37. The van der Waals surface area contributed by atoms with Gasteiger partial charge in [0.2, 0.25) is 0 Å². The van der Waals surface area contributed by atoms with E-state index < -0.39 is 35.2 Å². The smallest absolute Gasteiger partial charge is 0.414 e. The molecule has 3 fully saturated rings. The number of halogens is 4. The van der Waals surface area contributed by atoms with Crippen LogP contribution in [0.25, 0.3) is 0 Å². The quantitative estimate of drug-likeness (QED) is 0.562. The lowest BCUT2D eigenvalue weighted by atomic mass is 10.2. The van der Waals surface area contributed by atoms with Crippen LogP contribution in [0.4, 0.5) is 33.7 Å². The van der Waals surface area contributed by atoms with Crippen molar-refractivity contribution < 1.29 is 27.1 Å². The van der Waals surface area contributed by atoms with Gasteiger partial charge in [-0.1, -0.05) is 12.2 Å². The first-order valence-corrected chi connectivity index (χ1v) is 9.20. The zero-order valence-corrected chi connectivity index (χ0v) is 15.4. The Bertz CT molecular complexity index is 791. The summed E-state index contributed by atoms with van der Waals surface area (Å²) in [6.45, 7) is 0.842. The molecule has 1 aromatic carbocycles. The SMILES string of the molecule is NC1C2CN(c3c(F)cc(N4CC(CNC(=S)C(F)F)OC4=O)cc3F)CC12. The second kappa shape index (κ2) is 7.03. The van der Waals surface area contributed by atoms with Gasteiger partial charge >= 0.3 is 6.09 Å². The Morgan fingerprint density at radius 1 is 1.25 bits per heavy atom. The van der Waals surface area contributed by atoms with E-state index in [-0.39, 0.29) is 42.3 Å². The Morgan fingerprint density at radius 3 is 2.43 bits per heavy atom. The average molecular weight is 418 g/mol. The number of rotatable bonds is 5. The minimum Gasteiger partial charge on any atom is -0.442 e. The van der Waals surface area contributed by atoms with Crippen molar-refractivity contribution in [3.8, 4) is 0 Å². The first kappa shape index (κ1) is 19.2. The van der Waals surface area contributed by atoms with Crippen LogP contribution in [0.15, 0.2) is 12.1 Å². The van der Waals surface area contributed by atoms with Gasteiger partial charge in [-0.2, -0.15) is 0 Å². The number of carbonyl (C=O) groups excluding carboxylic acids is 1. The number of nitrogens with one attached hydrogen (secondary N) is 1. The highest BCUT2D eigenvalue weighted by Gasteiger charge is 2.54. The lowest BCUT2D eigenvalue weighted by molar-refractivity contribution is 0.142. The predicted molar refractivity (Wildman–Crippen MR) is 97.7 cm³/mol. The van der Waals surface area contributed by atoms with Gasteiger partial charge in [0.25, 0.3) is 6.43 Å². The maximum absolute atomic E-state index is 14.6. The minimum absolute atomic E-state index is 0.00347. The zero-order valence-electron chi connectivity index (χ0n) is 14.6. The summed E-state index contributed by atoms with van der Waals surface area (Å²) < 4.78 is 59.1. The summed E-state index contributed by atoms with van der Waals surface area (Å²) >= 11 is 4.46. The molecule has 0 radical (unpaired) electrons. The first-order valence-electron chi connectivity index (χ1n) is 8.80. The molecule has 1 aliphatic carbocycles. The fraction of sp³-hybridized carbons (Fsp3) is 0.529.